The van der Waals surface area contributed by atoms with Crippen molar-refractivity contribution in [1.29, 1.82) is 0 Å². The SMILES string of the molecule is CCCCCCCCCCN(C)C1CCNCC1. The van der Waals surface area contributed by atoms with Gasteiger partial charge in [-0.2, -0.15) is 0 Å². The Morgan fingerprint density at radius 3 is 2.06 bits per heavy atom. The zero-order valence-corrected chi connectivity index (χ0v) is 12.7. The minimum atomic E-state index is 0.843. The Balaban J connectivity index is 1.87. The Morgan fingerprint density at radius 2 is 1.44 bits per heavy atom. The highest BCUT2D eigenvalue weighted by atomic mass is 15.1. The highest BCUT2D eigenvalue weighted by molar-refractivity contribution is 4.75. The molecule has 1 aliphatic rings. The van der Waals surface area contributed by atoms with E-state index in [1.807, 2.05) is 0 Å². The third-order valence-corrected chi connectivity index (χ3v) is 4.30. The first-order valence-electron chi connectivity index (χ1n) is 8.25. The number of piperidine rings is 1. The van der Waals surface area contributed by atoms with Gasteiger partial charge in [-0.15, -0.1) is 0 Å². The van der Waals surface area contributed by atoms with Crippen molar-refractivity contribution in [3.05, 3.63) is 0 Å². The Labute approximate surface area is 115 Å². The fraction of sp³-hybridized carbons (Fsp3) is 1.00. The molecule has 0 aromatic rings. The van der Waals surface area contributed by atoms with Crippen LogP contribution < -0.4 is 5.32 Å². The molecular weight excluding hydrogens is 220 g/mol. The molecule has 1 heterocycles. The summed E-state index contributed by atoms with van der Waals surface area (Å²) in [4.78, 5) is 2.60. The molecule has 1 rings (SSSR count). The molecule has 0 saturated carbocycles. The van der Waals surface area contributed by atoms with E-state index < -0.39 is 0 Å². The zero-order valence-electron chi connectivity index (χ0n) is 12.7. The van der Waals surface area contributed by atoms with Gasteiger partial charge in [0.05, 0.1) is 0 Å². The van der Waals surface area contributed by atoms with Crippen molar-refractivity contribution in [2.24, 2.45) is 0 Å². The van der Waals surface area contributed by atoms with Gasteiger partial charge < -0.3 is 10.2 Å². The van der Waals surface area contributed by atoms with Gasteiger partial charge in [0.15, 0.2) is 0 Å². The molecule has 0 spiro atoms. The second-order valence-electron chi connectivity index (χ2n) is 5.94. The maximum Gasteiger partial charge on any atom is 0.0116 e. The zero-order chi connectivity index (χ0) is 13.1. The number of unbranched alkanes of at least 4 members (excludes halogenated alkanes) is 7. The second kappa shape index (κ2) is 10.8. The lowest BCUT2D eigenvalue weighted by atomic mass is 10.0. The Kier molecular flexibility index (Phi) is 9.59. The third kappa shape index (κ3) is 7.38. The summed E-state index contributed by atoms with van der Waals surface area (Å²) in [7, 11) is 2.32. The Morgan fingerprint density at radius 1 is 0.889 bits per heavy atom. The van der Waals surface area contributed by atoms with E-state index in [1.165, 1.54) is 83.8 Å². The van der Waals surface area contributed by atoms with E-state index in [0.29, 0.717) is 0 Å². The van der Waals surface area contributed by atoms with Gasteiger partial charge in [0.1, 0.15) is 0 Å². The number of hydrogen-bond acceptors (Lipinski definition) is 2. The van der Waals surface area contributed by atoms with Crippen LogP contribution in [0.1, 0.15) is 71.1 Å². The molecule has 108 valence electrons. The summed E-state index contributed by atoms with van der Waals surface area (Å²) in [6.07, 6.45) is 14.1. The maximum absolute atomic E-state index is 3.44. The predicted octanol–water partition coefficient (Wildman–Crippen LogP) is 3.81. The highest BCUT2D eigenvalue weighted by Crippen LogP contribution is 2.12. The monoisotopic (exact) mass is 254 g/mol. The van der Waals surface area contributed by atoms with Crippen molar-refractivity contribution >= 4 is 0 Å². The molecule has 0 unspecified atom stereocenters. The fourth-order valence-corrected chi connectivity index (χ4v) is 2.93. The second-order valence-corrected chi connectivity index (χ2v) is 5.94. The lowest BCUT2D eigenvalue weighted by Gasteiger charge is -2.31. The van der Waals surface area contributed by atoms with Crippen LogP contribution in [0.25, 0.3) is 0 Å². The van der Waals surface area contributed by atoms with Crippen LogP contribution in [-0.4, -0.2) is 37.6 Å². The summed E-state index contributed by atoms with van der Waals surface area (Å²) in [5, 5.41) is 3.44. The van der Waals surface area contributed by atoms with E-state index in [9.17, 15) is 0 Å². The summed E-state index contributed by atoms with van der Waals surface area (Å²) in [5.74, 6) is 0. The maximum atomic E-state index is 3.44. The summed E-state index contributed by atoms with van der Waals surface area (Å²) >= 11 is 0. The molecule has 1 N–H and O–H groups in total. The van der Waals surface area contributed by atoms with Crippen LogP contribution in [0, 0.1) is 0 Å². The average molecular weight is 254 g/mol. The van der Waals surface area contributed by atoms with Crippen molar-refractivity contribution in [3.8, 4) is 0 Å². The first-order chi connectivity index (χ1) is 8.84. The van der Waals surface area contributed by atoms with Gasteiger partial charge in [-0.05, 0) is 45.9 Å². The molecule has 0 radical (unpaired) electrons. The fourth-order valence-electron chi connectivity index (χ4n) is 2.93. The van der Waals surface area contributed by atoms with Crippen LogP contribution in [-0.2, 0) is 0 Å². The van der Waals surface area contributed by atoms with E-state index in [2.05, 4.69) is 24.2 Å². The summed E-state index contributed by atoms with van der Waals surface area (Å²) < 4.78 is 0. The van der Waals surface area contributed by atoms with Crippen LogP contribution in [0.3, 0.4) is 0 Å². The Hall–Kier alpha value is -0.0800. The molecular formula is C16H34N2. The van der Waals surface area contributed by atoms with E-state index in [4.69, 9.17) is 0 Å². The standard InChI is InChI=1S/C16H34N2/c1-3-4-5-6-7-8-9-10-15-18(2)16-11-13-17-14-12-16/h16-17H,3-15H2,1-2H3. The topological polar surface area (TPSA) is 15.3 Å². The molecule has 0 aromatic carbocycles. The van der Waals surface area contributed by atoms with Crippen molar-refractivity contribution in [2.45, 2.75) is 77.2 Å². The molecule has 2 heteroatoms. The quantitative estimate of drug-likeness (QED) is 0.596. The highest BCUT2D eigenvalue weighted by Gasteiger charge is 2.16. The van der Waals surface area contributed by atoms with E-state index in [1.54, 1.807) is 0 Å². The van der Waals surface area contributed by atoms with Gasteiger partial charge >= 0.3 is 0 Å². The van der Waals surface area contributed by atoms with E-state index >= 15 is 0 Å². The Bertz CT molecular complexity index is 176. The molecule has 1 saturated heterocycles. The molecule has 0 aliphatic carbocycles. The van der Waals surface area contributed by atoms with E-state index in [-0.39, 0.29) is 0 Å². The first kappa shape index (κ1) is 16.0. The number of hydrogen-bond donors (Lipinski definition) is 1. The lowest BCUT2D eigenvalue weighted by Crippen LogP contribution is -2.41. The van der Waals surface area contributed by atoms with Gasteiger partial charge in [0, 0.05) is 6.04 Å². The van der Waals surface area contributed by atoms with Crippen LogP contribution in [0.2, 0.25) is 0 Å². The number of nitrogens with zero attached hydrogens (tertiary/aromatic N) is 1. The smallest absolute Gasteiger partial charge is 0.0116 e. The van der Waals surface area contributed by atoms with Gasteiger partial charge in [0.2, 0.25) is 0 Å². The average Bonchev–Trinajstić information content (AvgIpc) is 2.42. The number of nitrogens with one attached hydrogen (secondary N) is 1. The van der Waals surface area contributed by atoms with Gasteiger partial charge in [-0.25, -0.2) is 0 Å². The summed E-state index contributed by atoms with van der Waals surface area (Å²) in [5.41, 5.74) is 0. The predicted molar refractivity (Wildman–Crippen MR) is 81.1 cm³/mol. The minimum absolute atomic E-state index is 0.843. The summed E-state index contributed by atoms with van der Waals surface area (Å²) in [6, 6.07) is 0.843. The molecule has 0 bridgehead atoms. The normalized spacial score (nSPS) is 17.5. The van der Waals surface area contributed by atoms with E-state index in [0.717, 1.165) is 6.04 Å². The minimum Gasteiger partial charge on any atom is -0.317 e. The molecule has 2 nitrogen and oxygen atoms in total. The molecule has 1 fully saturated rings. The largest absolute Gasteiger partial charge is 0.317 e. The third-order valence-electron chi connectivity index (χ3n) is 4.30. The van der Waals surface area contributed by atoms with Gasteiger partial charge in [0.25, 0.3) is 0 Å². The molecule has 0 aromatic heterocycles. The van der Waals surface area contributed by atoms with Crippen molar-refractivity contribution in [2.75, 3.05) is 26.7 Å². The van der Waals surface area contributed by atoms with Crippen molar-refractivity contribution in [3.63, 3.8) is 0 Å². The van der Waals surface area contributed by atoms with Gasteiger partial charge in [-0.1, -0.05) is 51.9 Å². The van der Waals surface area contributed by atoms with Gasteiger partial charge in [-0.3, -0.25) is 0 Å². The van der Waals surface area contributed by atoms with Crippen LogP contribution in [0.15, 0.2) is 0 Å². The molecule has 0 atom stereocenters. The lowest BCUT2D eigenvalue weighted by molar-refractivity contribution is 0.195. The van der Waals surface area contributed by atoms with Crippen LogP contribution >= 0.6 is 0 Å². The van der Waals surface area contributed by atoms with Crippen LogP contribution in [0.4, 0.5) is 0 Å². The molecule has 18 heavy (non-hydrogen) atoms. The van der Waals surface area contributed by atoms with Crippen LogP contribution in [0.5, 0.6) is 0 Å². The summed E-state index contributed by atoms with van der Waals surface area (Å²) in [6.45, 7) is 6.02. The van der Waals surface area contributed by atoms with Crippen molar-refractivity contribution < 1.29 is 0 Å². The number of rotatable bonds is 10. The first-order valence-corrected chi connectivity index (χ1v) is 8.25. The van der Waals surface area contributed by atoms with Crippen molar-refractivity contribution in [1.82, 2.24) is 10.2 Å². The molecule has 0 amide bonds. The molecule has 1 aliphatic heterocycles.